The molecule has 1 heterocycles. The average Bonchev–Trinajstić information content (AvgIpc) is 2.27. The summed E-state index contributed by atoms with van der Waals surface area (Å²) in [6.07, 6.45) is 2.71. The fourth-order valence-corrected chi connectivity index (χ4v) is 3.93. The lowest BCUT2D eigenvalue weighted by Gasteiger charge is -2.47. The Labute approximate surface area is 83.0 Å². The van der Waals surface area contributed by atoms with Crippen molar-refractivity contribution in [2.75, 3.05) is 18.5 Å². The zero-order chi connectivity index (χ0) is 8.82. The van der Waals surface area contributed by atoms with Crippen LogP contribution in [0.25, 0.3) is 0 Å². The van der Waals surface area contributed by atoms with Gasteiger partial charge in [-0.25, -0.2) is 0 Å². The molecule has 1 saturated heterocycles. The summed E-state index contributed by atoms with van der Waals surface area (Å²) >= 11 is 3.67. The van der Waals surface area contributed by atoms with Gasteiger partial charge >= 0.3 is 0 Å². The largest absolute Gasteiger partial charge is 0.381 e. The van der Waals surface area contributed by atoms with E-state index in [1.165, 1.54) is 12.8 Å². The molecule has 0 aromatic carbocycles. The first-order chi connectivity index (χ1) is 5.62. The molecule has 0 aromatic rings. The summed E-state index contributed by atoms with van der Waals surface area (Å²) in [7, 11) is 0. The first-order valence-electron chi connectivity index (χ1n) is 4.76. The summed E-state index contributed by atoms with van der Waals surface area (Å²) in [6, 6.07) is 0. The maximum Gasteiger partial charge on any atom is 0.0525 e. The van der Waals surface area contributed by atoms with Gasteiger partial charge in [-0.1, -0.05) is 29.8 Å². The summed E-state index contributed by atoms with van der Waals surface area (Å²) in [4.78, 5) is 0. The zero-order valence-electron chi connectivity index (χ0n) is 7.90. The highest BCUT2D eigenvalue weighted by Crippen LogP contribution is 2.59. The Morgan fingerprint density at radius 3 is 2.75 bits per heavy atom. The molecule has 2 bridgehead atoms. The van der Waals surface area contributed by atoms with Crippen LogP contribution in [0.3, 0.4) is 0 Å². The van der Waals surface area contributed by atoms with Gasteiger partial charge in [-0.2, -0.15) is 0 Å². The number of rotatable bonds is 1. The molecule has 0 aromatic heterocycles. The number of hydrogen-bond acceptors (Lipinski definition) is 1. The van der Waals surface area contributed by atoms with Gasteiger partial charge in [-0.05, 0) is 29.6 Å². The van der Waals surface area contributed by atoms with Crippen LogP contribution in [-0.4, -0.2) is 18.5 Å². The van der Waals surface area contributed by atoms with Gasteiger partial charge in [0.15, 0.2) is 0 Å². The zero-order valence-corrected chi connectivity index (χ0v) is 9.49. The third-order valence-electron chi connectivity index (χ3n) is 4.34. The average molecular weight is 233 g/mol. The Balaban J connectivity index is 2.32. The SMILES string of the molecule is C[C@]12CC[C@@H](COC1)[C@@]2(C)CBr. The first-order valence-corrected chi connectivity index (χ1v) is 5.88. The molecular weight excluding hydrogens is 216 g/mol. The molecule has 1 nitrogen and oxygen atoms in total. The Morgan fingerprint density at radius 2 is 2.25 bits per heavy atom. The van der Waals surface area contributed by atoms with E-state index in [4.69, 9.17) is 4.74 Å². The minimum Gasteiger partial charge on any atom is -0.381 e. The van der Waals surface area contributed by atoms with E-state index in [2.05, 4.69) is 29.8 Å². The third-order valence-corrected chi connectivity index (χ3v) is 5.51. The van der Waals surface area contributed by atoms with Crippen molar-refractivity contribution in [1.29, 1.82) is 0 Å². The van der Waals surface area contributed by atoms with Crippen molar-refractivity contribution in [2.24, 2.45) is 16.7 Å². The second kappa shape index (κ2) is 2.71. The van der Waals surface area contributed by atoms with E-state index in [1.807, 2.05) is 0 Å². The standard InChI is InChI=1S/C10H17BrO/c1-9-4-3-8(5-12-7-9)10(9,2)6-11/h8H,3-7H2,1-2H3/t8-,9-,10+/m0/s1. The monoisotopic (exact) mass is 232 g/mol. The number of ether oxygens (including phenoxy) is 1. The van der Waals surface area contributed by atoms with Crippen molar-refractivity contribution in [3.8, 4) is 0 Å². The van der Waals surface area contributed by atoms with Gasteiger partial charge in [-0.15, -0.1) is 0 Å². The first kappa shape index (κ1) is 9.01. The minimum atomic E-state index is 0.430. The van der Waals surface area contributed by atoms with E-state index in [-0.39, 0.29) is 0 Å². The van der Waals surface area contributed by atoms with Crippen molar-refractivity contribution >= 4 is 15.9 Å². The topological polar surface area (TPSA) is 9.23 Å². The molecule has 70 valence electrons. The molecule has 0 unspecified atom stereocenters. The lowest BCUT2D eigenvalue weighted by molar-refractivity contribution is -0.0840. The van der Waals surface area contributed by atoms with Crippen LogP contribution in [-0.2, 0) is 4.74 Å². The van der Waals surface area contributed by atoms with E-state index in [9.17, 15) is 0 Å². The molecule has 2 rings (SSSR count). The summed E-state index contributed by atoms with van der Waals surface area (Å²) in [5, 5.41) is 1.13. The van der Waals surface area contributed by atoms with Gasteiger partial charge in [0, 0.05) is 11.9 Å². The van der Waals surface area contributed by atoms with Crippen LogP contribution in [0.2, 0.25) is 0 Å². The summed E-state index contributed by atoms with van der Waals surface area (Å²) in [5.74, 6) is 0.788. The van der Waals surface area contributed by atoms with Crippen molar-refractivity contribution in [1.82, 2.24) is 0 Å². The molecule has 0 N–H and O–H groups in total. The highest BCUT2D eigenvalue weighted by Gasteiger charge is 2.56. The molecule has 0 spiro atoms. The van der Waals surface area contributed by atoms with Crippen LogP contribution in [0.15, 0.2) is 0 Å². The molecule has 0 amide bonds. The molecule has 1 saturated carbocycles. The molecule has 2 fully saturated rings. The predicted octanol–water partition coefficient (Wildman–Crippen LogP) is 2.83. The van der Waals surface area contributed by atoms with Crippen molar-refractivity contribution in [2.45, 2.75) is 26.7 Å². The van der Waals surface area contributed by atoms with Crippen LogP contribution >= 0.6 is 15.9 Å². The second-order valence-electron chi connectivity index (χ2n) is 4.86. The highest BCUT2D eigenvalue weighted by molar-refractivity contribution is 9.09. The van der Waals surface area contributed by atoms with Crippen molar-refractivity contribution in [3.05, 3.63) is 0 Å². The van der Waals surface area contributed by atoms with Crippen molar-refractivity contribution in [3.63, 3.8) is 0 Å². The van der Waals surface area contributed by atoms with E-state index in [0.29, 0.717) is 10.8 Å². The fraction of sp³-hybridized carbons (Fsp3) is 1.00. The Kier molecular flexibility index (Phi) is 2.04. The van der Waals surface area contributed by atoms with Gasteiger partial charge in [0.05, 0.1) is 6.61 Å². The normalized spacial score (nSPS) is 52.8. The van der Waals surface area contributed by atoms with E-state index < -0.39 is 0 Å². The van der Waals surface area contributed by atoms with Gasteiger partial charge in [0.2, 0.25) is 0 Å². The molecular formula is C10H17BrO. The summed E-state index contributed by atoms with van der Waals surface area (Å²) in [6.45, 7) is 6.75. The molecule has 0 radical (unpaired) electrons. The van der Waals surface area contributed by atoms with Crippen LogP contribution in [0.5, 0.6) is 0 Å². The van der Waals surface area contributed by atoms with Gasteiger partial charge in [0.25, 0.3) is 0 Å². The third kappa shape index (κ3) is 0.941. The van der Waals surface area contributed by atoms with Crippen LogP contribution in [0.4, 0.5) is 0 Å². The molecule has 12 heavy (non-hydrogen) atoms. The Bertz CT molecular complexity index is 190. The molecule has 3 atom stereocenters. The number of hydrogen-bond donors (Lipinski definition) is 0. The van der Waals surface area contributed by atoms with Crippen LogP contribution in [0, 0.1) is 16.7 Å². The second-order valence-corrected chi connectivity index (χ2v) is 5.42. The lowest BCUT2D eigenvalue weighted by Crippen LogP contribution is -2.47. The number of alkyl halides is 1. The molecule has 1 aliphatic carbocycles. The maximum atomic E-state index is 5.64. The van der Waals surface area contributed by atoms with Crippen molar-refractivity contribution < 1.29 is 4.74 Å². The van der Waals surface area contributed by atoms with Gasteiger partial charge in [-0.3, -0.25) is 0 Å². The summed E-state index contributed by atoms with van der Waals surface area (Å²) in [5.41, 5.74) is 0.907. The number of fused-ring (bicyclic) bond motifs is 2. The molecule has 1 aliphatic heterocycles. The molecule has 2 heteroatoms. The molecule has 2 aliphatic rings. The highest BCUT2D eigenvalue weighted by atomic mass is 79.9. The van der Waals surface area contributed by atoms with Crippen LogP contribution in [0.1, 0.15) is 26.7 Å². The number of halogens is 1. The predicted molar refractivity (Wildman–Crippen MR) is 53.6 cm³/mol. The van der Waals surface area contributed by atoms with E-state index >= 15 is 0 Å². The van der Waals surface area contributed by atoms with E-state index in [1.54, 1.807) is 0 Å². The Morgan fingerprint density at radius 1 is 1.50 bits per heavy atom. The van der Waals surface area contributed by atoms with Gasteiger partial charge < -0.3 is 4.74 Å². The van der Waals surface area contributed by atoms with E-state index in [0.717, 1.165) is 24.5 Å². The van der Waals surface area contributed by atoms with Gasteiger partial charge in [0.1, 0.15) is 0 Å². The summed E-state index contributed by atoms with van der Waals surface area (Å²) < 4.78 is 5.64. The van der Waals surface area contributed by atoms with Crippen LogP contribution < -0.4 is 0 Å². The minimum absolute atomic E-state index is 0.430. The maximum absolute atomic E-state index is 5.64. The quantitative estimate of drug-likeness (QED) is 0.633. The Hall–Kier alpha value is 0.440. The smallest absolute Gasteiger partial charge is 0.0525 e. The lowest BCUT2D eigenvalue weighted by atomic mass is 9.65. The fourth-order valence-electron chi connectivity index (χ4n) is 2.79.